The Morgan fingerprint density at radius 2 is 1.88 bits per heavy atom. The maximum atomic E-state index is 11.9. The summed E-state index contributed by atoms with van der Waals surface area (Å²) < 4.78 is 1.02. The van der Waals surface area contributed by atoms with E-state index in [9.17, 15) is 9.59 Å². The van der Waals surface area contributed by atoms with Gasteiger partial charge in [-0.1, -0.05) is 34.5 Å². The van der Waals surface area contributed by atoms with Crippen LogP contribution in [-0.4, -0.2) is 30.1 Å². The van der Waals surface area contributed by atoms with Gasteiger partial charge in [0.25, 0.3) is 5.91 Å². The Labute approximate surface area is 156 Å². The number of nitrogens with zero attached hydrogens (tertiary/aromatic N) is 1. The van der Waals surface area contributed by atoms with Gasteiger partial charge in [-0.15, -0.1) is 0 Å². The predicted octanol–water partition coefficient (Wildman–Crippen LogP) is 2.75. The van der Waals surface area contributed by atoms with E-state index in [2.05, 4.69) is 26.6 Å². The number of amides is 1. The minimum Gasteiger partial charge on any atom is -0.481 e. The minimum absolute atomic E-state index is 0.0290. The molecule has 6 nitrogen and oxygen atoms in total. The zero-order chi connectivity index (χ0) is 18.5. The van der Waals surface area contributed by atoms with Crippen molar-refractivity contribution in [2.45, 2.75) is 32.1 Å². The molecule has 3 N–H and O–H groups in total. The molecule has 0 heterocycles. The van der Waals surface area contributed by atoms with Crippen LogP contribution in [0.3, 0.4) is 0 Å². The number of carboxylic acids is 1. The lowest BCUT2D eigenvalue weighted by Crippen LogP contribution is -2.27. The van der Waals surface area contributed by atoms with E-state index in [4.69, 9.17) is 10.4 Å². The van der Waals surface area contributed by atoms with E-state index < -0.39 is 11.9 Å². The van der Waals surface area contributed by atoms with E-state index in [0.29, 0.717) is 25.9 Å². The van der Waals surface area contributed by atoms with Crippen molar-refractivity contribution in [1.82, 2.24) is 10.6 Å². The van der Waals surface area contributed by atoms with Gasteiger partial charge in [0.05, 0.1) is 0 Å². The first-order chi connectivity index (χ1) is 12.0. The maximum Gasteiger partial charge on any atom is 0.303 e. The van der Waals surface area contributed by atoms with Crippen LogP contribution in [0.15, 0.2) is 40.5 Å². The number of unbranched alkanes of at least 4 members (excludes halogenated alkanes) is 2. The van der Waals surface area contributed by atoms with Crippen molar-refractivity contribution in [1.29, 1.82) is 5.26 Å². The van der Waals surface area contributed by atoms with Crippen molar-refractivity contribution >= 4 is 27.8 Å². The third-order valence-electron chi connectivity index (χ3n) is 3.44. The topological polar surface area (TPSA) is 102 Å². The highest BCUT2D eigenvalue weighted by molar-refractivity contribution is 9.10. The van der Waals surface area contributed by atoms with E-state index in [1.807, 2.05) is 30.3 Å². The molecule has 1 amide bonds. The van der Waals surface area contributed by atoms with E-state index in [0.717, 1.165) is 22.9 Å². The summed E-state index contributed by atoms with van der Waals surface area (Å²) in [6.45, 7) is 1.05. The van der Waals surface area contributed by atoms with E-state index in [1.54, 1.807) is 0 Å². The lowest BCUT2D eigenvalue weighted by atomic mass is 10.1. The molecule has 0 saturated heterocycles. The number of carbonyl (C=O) groups is 2. The number of halogens is 1. The van der Waals surface area contributed by atoms with Crippen LogP contribution in [0.2, 0.25) is 0 Å². The molecule has 0 atom stereocenters. The number of carbonyl (C=O) groups excluding carboxylic acids is 1. The second-order valence-electron chi connectivity index (χ2n) is 5.46. The molecule has 0 saturated carbocycles. The molecule has 0 spiro atoms. The van der Waals surface area contributed by atoms with Crippen LogP contribution in [0, 0.1) is 11.3 Å². The van der Waals surface area contributed by atoms with Gasteiger partial charge in [0.1, 0.15) is 11.6 Å². The molecule has 25 heavy (non-hydrogen) atoms. The van der Waals surface area contributed by atoms with Crippen LogP contribution >= 0.6 is 15.9 Å². The molecule has 1 aromatic rings. The maximum absolute atomic E-state index is 11.9. The van der Waals surface area contributed by atoms with Crippen LogP contribution in [0.1, 0.15) is 31.2 Å². The molecule has 0 fully saturated rings. The van der Waals surface area contributed by atoms with Crippen LogP contribution in [0.25, 0.3) is 0 Å². The van der Waals surface area contributed by atoms with Gasteiger partial charge in [-0.2, -0.15) is 5.26 Å². The van der Waals surface area contributed by atoms with Gasteiger partial charge in [0.2, 0.25) is 0 Å². The summed E-state index contributed by atoms with van der Waals surface area (Å²) in [5, 5.41) is 23.2. The predicted molar refractivity (Wildman–Crippen MR) is 98.7 cm³/mol. The Kier molecular flexibility index (Phi) is 10.0. The zero-order valence-electron chi connectivity index (χ0n) is 13.9. The lowest BCUT2D eigenvalue weighted by Gasteiger charge is -2.05. The van der Waals surface area contributed by atoms with Crippen molar-refractivity contribution < 1.29 is 14.7 Å². The summed E-state index contributed by atoms with van der Waals surface area (Å²) in [5.74, 6) is -1.23. The van der Waals surface area contributed by atoms with Crippen molar-refractivity contribution in [2.24, 2.45) is 0 Å². The number of aliphatic carboxylic acids is 1. The molecule has 0 unspecified atom stereocenters. The van der Waals surface area contributed by atoms with Gasteiger partial charge in [-0.25, -0.2) is 0 Å². The van der Waals surface area contributed by atoms with Gasteiger partial charge in [-0.3, -0.25) is 9.59 Å². The van der Waals surface area contributed by atoms with Crippen LogP contribution in [0.5, 0.6) is 0 Å². The number of rotatable bonds is 11. The number of benzene rings is 1. The summed E-state index contributed by atoms with van der Waals surface area (Å²) in [6, 6.07) is 9.84. The molecular weight excluding hydrogens is 386 g/mol. The third kappa shape index (κ3) is 9.52. The number of hydrogen-bond acceptors (Lipinski definition) is 4. The summed E-state index contributed by atoms with van der Waals surface area (Å²) in [4.78, 5) is 22.3. The number of nitriles is 1. The molecule has 1 aromatic carbocycles. The third-order valence-corrected chi connectivity index (χ3v) is 3.96. The number of carboxylic acid groups (broad SMARTS) is 1. The Morgan fingerprint density at radius 1 is 1.16 bits per heavy atom. The van der Waals surface area contributed by atoms with Gasteiger partial charge < -0.3 is 15.7 Å². The summed E-state index contributed by atoms with van der Waals surface area (Å²) in [7, 11) is 0. The Morgan fingerprint density at radius 3 is 2.52 bits per heavy atom. The molecule has 0 aromatic heterocycles. The average molecular weight is 408 g/mol. The van der Waals surface area contributed by atoms with Crippen molar-refractivity contribution in [3.05, 3.63) is 46.1 Å². The fraction of sp³-hybridized carbons (Fsp3) is 0.389. The minimum atomic E-state index is -0.812. The van der Waals surface area contributed by atoms with Gasteiger partial charge in [0.15, 0.2) is 0 Å². The molecule has 0 radical (unpaired) electrons. The first kappa shape index (κ1) is 20.7. The van der Waals surface area contributed by atoms with Gasteiger partial charge in [0, 0.05) is 30.2 Å². The van der Waals surface area contributed by atoms with E-state index >= 15 is 0 Å². The largest absolute Gasteiger partial charge is 0.481 e. The molecule has 0 aliphatic carbocycles. The molecule has 0 bridgehead atoms. The van der Waals surface area contributed by atoms with Crippen LogP contribution in [0.4, 0.5) is 0 Å². The summed E-state index contributed by atoms with van der Waals surface area (Å²) in [5.41, 5.74) is 1.19. The lowest BCUT2D eigenvalue weighted by molar-refractivity contribution is -0.137. The highest BCUT2D eigenvalue weighted by Crippen LogP contribution is 2.10. The first-order valence-electron chi connectivity index (χ1n) is 8.11. The average Bonchev–Trinajstić information content (AvgIpc) is 2.59. The smallest absolute Gasteiger partial charge is 0.303 e. The standard InChI is InChI=1S/C18H22BrN3O3/c19-16-7-5-14(6-8-16)9-11-21-13-15(12-20)18(25)22-10-3-1-2-4-17(23)24/h5-8,13,21H,1-4,9-11H2,(H,22,25)(H,23,24)/b15-13-. The zero-order valence-corrected chi connectivity index (χ0v) is 15.5. The molecule has 0 aliphatic heterocycles. The normalized spacial score (nSPS) is 10.8. The highest BCUT2D eigenvalue weighted by atomic mass is 79.9. The number of nitrogens with one attached hydrogen (secondary N) is 2. The van der Waals surface area contributed by atoms with E-state index in [1.165, 1.54) is 6.20 Å². The van der Waals surface area contributed by atoms with E-state index in [-0.39, 0.29) is 12.0 Å². The Bertz CT molecular complexity index is 636. The van der Waals surface area contributed by atoms with Gasteiger partial charge >= 0.3 is 5.97 Å². The molecule has 1 rings (SSSR count). The fourth-order valence-corrected chi connectivity index (χ4v) is 2.33. The molecule has 7 heteroatoms. The second kappa shape index (κ2) is 12.1. The highest BCUT2D eigenvalue weighted by Gasteiger charge is 2.07. The monoisotopic (exact) mass is 407 g/mol. The Hall–Kier alpha value is -2.33. The number of hydrogen-bond donors (Lipinski definition) is 3. The molecular formula is C18H22BrN3O3. The molecule has 134 valence electrons. The van der Waals surface area contributed by atoms with Crippen molar-refractivity contribution in [3.63, 3.8) is 0 Å². The Balaban J connectivity index is 2.25. The summed E-state index contributed by atoms with van der Waals surface area (Å²) in [6.07, 6.45) is 4.36. The first-order valence-corrected chi connectivity index (χ1v) is 8.90. The van der Waals surface area contributed by atoms with Crippen molar-refractivity contribution in [3.8, 4) is 6.07 Å². The van der Waals surface area contributed by atoms with Crippen LogP contribution < -0.4 is 10.6 Å². The fourth-order valence-electron chi connectivity index (χ4n) is 2.07. The van der Waals surface area contributed by atoms with Crippen molar-refractivity contribution in [2.75, 3.05) is 13.1 Å². The SMILES string of the molecule is N#C/C(=C/NCCc1ccc(Br)cc1)C(=O)NCCCCCC(=O)O. The second-order valence-corrected chi connectivity index (χ2v) is 6.38. The quantitative estimate of drug-likeness (QED) is 0.297. The van der Waals surface area contributed by atoms with Gasteiger partial charge in [-0.05, 0) is 37.0 Å². The van der Waals surface area contributed by atoms with Crippen LogP contribution in [-0.2, 0) is 16.0 Å². The molecule has 0 aliphatic rings. The summed E-state index contributed by atoms with van der Waals surface area (Å²) >= 11 is 3.38.